The zero-order valence-electron chi connectivity index (χ0n) is 7.73. The number of nitrogens with two attached hydrogens (primary N) is 1. The highest BCUT2D eigenvalue weighted by atomic mass is 16.1. The number of carbonyl (C=O) groups excluding carboxylic acids is 1. The van der Waals surface area contributed by atoms with Crippen LogP contribution >= 0.6 is 0 Å². The molecule has 1 aromatic rings. The van der Waals surface area contributed by atoms with Gasteiger partial charge in [0.15, 0.2) is 0 Å². The summed E-state index contributed by atoms with van der Waals surface area (Å²) in [5.41, 5.74) is 6.26. The molecule has 1 aromatic heterocycles. The average Bonchev–Trinajstić information content (AvgIpc) is 2.15. The lowest BCUT2D eigenvalue weighted by atomic mass is 9.95. The van der Waals surface area contributed by atoms with Crippen LogP contribution < -0.4 is 5.73 Å². The fourth-order valence-corrected chi connectivity index (χ4v) is 1.36. The Hall–Kier alpha value is -1.38. The van der Waals surface area contributed by atoms with Crippen molar-refractivity contribution in [3.8, 4) is 0 Å². The molecule has 1 unspecified atom stereocenters. The molecule has 0 aliphatic rings. The molecule has 0 aliphatic carbocycles. The van der Waals surface area contributed by atoms with Crippen molar-refractivity contribution < 1.29 is 4.79 Å². The highest BCUT2D eigenvalue weighted by Crippen LogP contribution is 2.19. The van der Waals surface area contributed by atoms with Crippen LogP contribution in [-0.2, 0) is 4.79 Å². The Morgan fingerprint density at radius 2 is 2.15 bits per heavy atom. The lowest BCUT2D eigenvalue weighted by Gasteiger charge is -2.11. The predicted octanol–water partition coefficient (Wildman–Crippen LogP) is 1.45. The summed E-state index contributed by atoms with van der Waals surface area (Å²) in [6.45, 7) is 2.04. The SMILES string of the molecule is CCCC(C(N)=O)c1ccncc1. The number of hydrogen-bond acceptors (Lipinski definition) is 2. The Bertz CT molecular complexity index is 272. The monoisotopic (exact) mass is 178 g/mol. The van der Waals surface area contributed by atoms with Gasteiger partial charge in [0.25, 0.3) is 0 Å². The molecule has 0 radical (unpaired) electrons. The van der Waals surface area contributed by atoms with Gasteiger partial charge >= 0.3 is 0 Å². The molecule has 0 aromatic carbocycles. The number of primary amides is 1. The molecule has 3 nitrogen and oxygen atoms in total. The minimum absolute atomic E-state index is 0.159. The van der Waals surface area contributed by atoms with Gasteiger partial charge in [0.05, 0.1) is 5.92 Å². The second-order valence-electron chi connectivity index (χ2n) is 3.02. The lowest BCUT2D eigenvalue weighted by Crippen LogP contribution is -2.21. The summed E-state index contributed by atoms with van der Waals surface area (Å²) in [4.78, 5) is 15.0. The van der Waals surface area contributed by atoms with Crippen molar-refractivity contribution >= 4 is 5.91 Å². The topological polar surface area (TPSA) is 56.0 Å². The number of carbonyl (C=O) groups is 1. The first-order chi connectivity index (χ1) is 6.25. The first-order valence-corrected chi connectivity index (χ1v) is 4.45. The molecule has 0 saturated heterocycles. The second kappa shape index (κ2) is 4.60. The van der Waals surface area contributed by atoms with E-state index >= 15 is 0 Å². The van der Waals surface area contributed by atoms with E-state index in [1.165, 1.54) is 0 Å². The van der Waals surface area contributed by atoms with Crippen molar-refractivity contribution in [1.29, 1.82) is 0 Å². The first kappa shape index (κ1) is 9.71. The molecule has 1 atom stereocenters. The maximum Gasteiger partial charge on any atom is 0.224 e. The molecule has 1 rings (SSSR count). The maximum atomic E-state index is 11.1. The standard InChI is InChI=1S/C10H14N2O/c1-2-3-9(10(11)13)8-4-6-12-7-5-8/h4-7,9H,2-3H2,1H3,(H2,11,13). The summed E-state index contributed by atoms with van der Waals surface area (Å²) in [6.07, 6.45) is 5.12. The number of aromatic nitrogens is 1. The van der Waals surface area contributed by atoms with E-state index in [4.69, 9.17) is 5.73 Å². The van der Waals surface area contributed by atoms with Gasteiger partial charge in [-0.15, -0.1) is 0 Å². The molecule has 0 saturated carbocycles. The third-order valence-corrected chi connectivity index (χ3v) is 2.03. The Labute approximate surface area is 78.0 Å². The zero-order chi connectivity index (χ0) is 9.68. The maximum absolute atomic E-state index is 11.1. The van der Waals surface area contributed by atoms with Crippen LogP contribution in [0.3, 0.4) is 0 Å². The Kier molecular flexibility index (Phi) is 3.43. The fourth-order valence-electron chi connectivity index (χ4n) is 1.36. The average molecular weight is 178 g/mol. The normalized spacial score (nSPS) is 12.4. The minimum atomic E-state index is -0.256. The second-order valence-corrected chi connectivity index (χ2v) is 3.02. The van der Waals surface area contributed by atoms with E-state index in [9.17, 15) is 4.79 Å². The van der Waals surface area contributed by atoms with Crippen molar-refractivity contribution in [2.75, 3.05) is 0 Å². The van der Waals surface area contributed by atoms with E-state index in [1.54, 1.807) is 12.4 Å². The van der Waals surface area contributed by atoms with E-state index in [1.807, 2.05) is 19.1 Å². The Morgan fingerprint density at radius 1 is 1.54 bits per heavy atom. The quantitative estimate of drug-likeness (QED) is 0.758. The van der Waals surface area contributed by atoms with Crippen molar-refractivity contribution in [1.82, 2.24) is 4.98 Å². The van der Waals surface area contributed by atoms with Crippen molar-refractivity contribution in [2.45, 2.75) is 25.7 Å². The molecule has 0 bridgehead atoms. The molecule has 2 N–H and O–H groups in total. The van der Waals surface area contributed by atoms with Crippen LogP contribution in [-0.4, -0.2) is 10.9 Å². The van der Waals surface area contributed by atoms with Crippen molar-refractivity contribution in [3.05, 3.63) is 30.1 Å². The fraction of sp³-hybridized carbons (Fsp3) is 0.400. The van der Waals surface area contributed by atoms with Gasteiger partial charge in [0, 0.05) is 12.4 Å². The van der Waals surface area contributed by atoms with Crippen LogP contribution in [0.15, 0.2) is 24.5 Å². The van der Waals surface area contributed by atoms with Gasteiger partial charge in [-0.25, -0.2) is 0 Å². The highest BCUT2D eigenvalue weighted by molar-refractivity contribution is 5.81. The van der Waals surface area contributed by atoms with Crippen LogP contribution in [0.5, 0.6) is 0 Å². The summed E-state index contributed by atoms with van der Waals surface area (Å²) in [7, 11) is 0. The molecule has 0 fully saturated rings. The molecular formula is C10H14N2O. The van der Waals surface area contributed by atoms with Crippen LogP contribution in [0.1, 0.15) is 31.2 Å². The van der Waals surface area contributed by atoms with Gasteiger partial charge < -0.3 is 5.73 Å². The van der Waals surface area contributed by atoms with Gasteiger partial charge in [-0.05, 0) is 24.1 Å². The van der Waals surface area contributed by atoms with E-state index in [0.29, 0.717) is 0 Å². The van der Waals surface area contributed by atoms with E-state index in [-0.39, 0.29) is 11.8 Å². The van der Waals surface area contributed by atoms with Crippen molar-refractivity contribution in [2.24, 2.45) is 5.73 Å². The molecule has 13 heavy (non-hydrogen) atoms. The molecule has 1 heterocycles. The third-order valence-electron chi connectivity index (χ3n) is 2.03. The zero-order valence-corrected chi connectivity index (χ0v) is 7.73. The number of hydrogen-bond donors (Lipinski definition) is 1. The molecule has 1 amide bonds. The molecular weight excluding hydrogens is 164 g/mol. The van der Waals surface area contributed by atoms with E-state index < -0.39 is 0 Å². The first-order valence-electron chi connectivity index (χ1n) is 4.45. The summed E-state index contributed by atoms with van der Waals surface area (Å²) in [6, 6.07) is 3.68. The smallest absolute Gasteiger partial charge is 0.224 e. The van der Waals surface area contributed by atoms with E-state index in [2.05, 4.69) is 4.98 Å². The Balaban J connectivity index is 2.82. The van der Waals surface area contributed by atoms with Gasteiger partial charge in [-0.2, -0.15) is 0 Å². The molecule has 0 aliphatic heterocycles. The van der Waals surface area contributed by atoms with Gasteiger partial charge in [-0.3, -0.25) is 9.78 Å². The van der Waals surface area contributed by atoms with Crippen LogP contribution in [0.25, 0.3) is 0 Å². The predicted molar refractivity (Wildman–Crippen MR) is 51.1 cm³/mol. The summed E-state index contributed by atoms with van der Waals surface area (Å²) < 4.78 is 0. The summed E-state index contributed by atoms with van der Waals surface area (Å²) >= 11 is 0. The number of amides is 1. The van der Waals surface area contributed by atoms with Crippen LogP contribution in [0.4, 0.5) is 0 Å². The van der Waals surface area contributed by atoms with Crippen molar-refractivity contribution in [3.63, 3.8) is 0 Å². The summed E-state index contributed by atoms with van der Waals surface area (Å²) in [5, 5.41) is 0. The van der Waals surface area contributed by atoms with E-state index in [0.717, 1.165) is 18.4 Å². The number of rotatable bonds is 4. The Morgan fingerprint density at radius 3 is 2.62 bits per heavy atom. The van der Waals surface area contributed by atoms with Gasteiger partial charge in [0.2, 0.25) is 5.91 Å². The van der Waals surface area contributed by atoms with Crippen LogP contribution in [0, 0.1) is 0 Å². The molecule has 3 heteroatoms. The third kappa shape index (κ3) is 2.54. The molecule has 0 spiro atoms. The van der Waals surface area contributed by atoms with Gasteiger partial charge in [0.1, 0.15) is 0 Å². The van der Waals surface area contributed by atoms with Crippen LogP contribution in [0.2, 0.25) is 0 Å². The lowest BCUT2D eigenvalue weighted by molar-refractivity contribution is -0.119. The van der Waals surface area contributed by atoms with Gasteiger partial charge in [-0.1, -0.05) is 13.3 Å². The minimum Gasteiger partial charge on any atom is -0.369 e. The number of nitrogens with zero attached hydrogens (tertiary/aromatic N) is 1. The molecule has 70 valence electrons. The largest absolute Gasteiger partial charge is 0.369 e. The number of pyridine rings is 1. The highest BCUT2D eigenvalue weighted by Gasteiger charge is 2.15. The summed E-state index contributed by atoms with van der Waals surface area (Å²) in [5.74, 6) is -0.416.